The van der Waals surface area contributed by atoms with Crippen LogP contribution >= 0.6 is 0 Å². The van der Waals surface area contributed by atoms with Crippen molar-refractivity contribution in [1.82, 2.24) is 14.4 Å². The van der Waals surface area contributed by atoms with E-state index in [-0.39, 0.29) is 11.9 Å². The van der Waals surface area contributed by atoms with Gasteiger partial charge in [-0.1, -0.05) is 12.1 Å². The Hall–Kier alpha value is -2.96. The Morgan fingerprint density at radius 3 is 2.96 bits per heavy atom. The average Bonchev–Trinajstić information content (AvgIpc) is 2.93. The largest absolute Gasteiger partial charge is 0.372 e. The molecule has 0 bridgehead atoms. The van der Waals surface area contributed by atoms with E-state index >= 15 is 0 Å². The van der Waals surface area contributed by atoms with Crippen molar-refractivity contribution in [3.05, 3.63) is 64.6 Å². The van der Waals surface area contributed by atoms with Crippen molar-refractivity contribution in [2.75, 3.05) is 5.32 Å². The van der Waals surface area contributed by atoms with Gasteiger partial charge in [0.05, 0.1) is 6.20 Å². The van der Waals surface area contributed by atoms with E-state index in [9.17, 15) is 10.1 Å². The zero-order valence-corrected chi connectivity index (χ0v) is 13.4. The van der Waals surface area contributed by atoms with Gasteiger partial charge in [0, 0.05) is 24.5 Å². The summed E-state index contributed by atoms with van der Waals surface area (Å²) in [6.07, 6.45) is 8.08. The van der Waals surface area contributed by atoms with E-state index in [1.54, 1.807) is 24.5 Å². The van der Waals surface area contributed by atoms with E-state index in [1.165, 1.54) is 9.96 Å². The molecule has 0 aliphatic heterocycles. The summed E-state index contributed by atoms with van der Waals surface area (Å²) in [6, 6.07) is 9.39. The molecule has 0 spiro atoms. The highest BCUT2D eigenvalue weighted by Crippen LogP contribution is 2.26. The lowest BCUT2D eigenvalue weighted by Crippen LogP contribution is -2.16. The van der Waals surface area contributed by atoms with Gasteiger partial charge in [0.25, 0.3) is 0 Å². The minimum atomic E-state index is -0.398. The molecule has 0 amide bonds. The molecule has 1 atom stereocenters. The van der Waals surface area contributed by atoms with Crippen LogP contribution in [0.2, 0.25) is 0 Å². The first-order valence-corrected chi connectivity index (χ1v) is 7.92. The summed E-state index contributed by atoms with van der Waals surface area (Å²) in [4.78, 5) is 19.4. The summed E-state index contributed by atoms with van der Waals surface area (Å²) < 4.78 is 1.49. The molecule has 0 fully saturated rings. The van der Waals surface area contributed by atoms with Gasteiger partial charge < -0.3 is 15.4 Å². The average molecular weight is 325 g/mol. The standard InChI is InChI=1S/C17H19N5O2/c1-13(6-4-7-14-8-5-10-18-12-14)19-16-17(22(23)24)21-11-3-2-9-15(21)20-16/h2-3,5,8-13,19H,4,6-7H2,1H3. The SMILES string of the molecule is CC(CCCc1cccnc1)Nc1nc2ccccn2c1[N+](=O)[O-]. The molecular formula is C17H19N5O2. The van der Waals surface area contributed by atoms with Crippen molar-refractivity contribution in [3.8, 4) is 0 Å². The lowest BCUT2D eigenvalue weighted by Gasteiger charge is -2.12. The molecule has 124 valence electrons. The predicted octanol–water partition coefficient (Wildman–Crippen LogP) is 3.46. The van der Waals surface area contributed by atoms with Gasteiger partial charge >= 0.3 is 5.82 Å². The Morgan fingerprint density at radius 1 is 1.33 bits per heavy atom. The van der Waals surface area contributed by atoms with Gasteiger partial charge in [0.2, 0.25) is 11.5 Å². The van der Waals surface area contributed by atoms with E-state index in [0.29, 0.717) is 11.5 Å². The fraction of sp³-hybridized carbons (Fsp3) is 0.294. The number of imidazole rings is 1. The Labute approximate surface area is 139 Å². The smallest absolute Gasteiger partial charge is 0.361 e. The maximum absolute atomic E-state index is 11.4. The molecule has 1 N–H and O–H groups in total. The minimum absolute atomic E-state index is 0.0234. The summed E-state index contributed by atoms with van der Waals surface area (Å²) in [5, 5.41) is 14.6. The highest BCUT2D eigenvalue weighted by atomic mass is 16.6. The van der Waals surface area contributed by atoms with Gasteiger partial charge in [-0.05, 0) is 48.8 Å². The topological polar surface area (TPSA) is 85.4 Å². The third-order valence-corrected chi connectivity index (χ3v) is 3.89. The Kier molecular flexibility index (Phi) is 4.69. The van der Waals surface area contributed by atoms with Crippen molar-refractivity contribution >= 4 is 17.3 Å². The van der Waals surface area contributed by atoms with Gasteiger partial charge in [-0.15, -0.1) is 0 Å². The van der Waals surface area contributed by atoms with E-state index in [2.05, 4.69) is 21.4 Å². The fourth-order valence-corrected chi connectivity index (χ4v) is 2.72. The van der Waals surface area contributed by atoms with E-state index in [1.807, 2.05) is 25.3 Å². The van der Waals surface area contributed by atoms with Crippen molar-refractivity contribution < 1.29 is 4.92 Å². The molecule has 7 nitrogen and oxygen atoms in total. The molecule has 0 aromatic carbocycles. The first-order valence-electron chi connectivity index (χ1n) is 7.92. The zero-order valence-electron chi connectivity index (χ0n) is 13.4. The number of aryl methyl sites for hydroxylation is 1. The molecule has 24 heavy (non-hydrogen) atoms. The maximum Gasteiger partial charge on any atom is 0.372 e. The molecule has 7 heteroatoms. The third-order valence-electron chi connectivity index (χ3n) is 3.89. The normalized spacial score (nSPS) is 12.2. The molecule has 0 aliphatic rings. The Balaban J connectivity index is 1.66. The number of fused-ring (bicyclic) bond motifs is 1. The molecule has 3 aromatic rings. The number of pyridine rings is 2. The molecule has 3 rings (SSSR count). The minimum Gasteiger partial charge on any atom is -0.361 e. The number of hydrogen-bond acceptors (Lipinski definition) is 5. The fourth-order valence-electron chi connectivity index (χ4n) is 2.72. The molecule has 0 aliphatic carbocycles. The van der Waals surface area contributed by atoms with Gasteiger partial charge in [-0.2, -0.15) is 9.38 Å². The highest BCUT2D eigenvalue weighted by Gasteiger charge is 2.23. The van der Waals surface area contributed by atoms with Crippen LogP contribution in [0.4, 0.5) is 11.6 Å². The zero-order chi connectivity index (χ0) is 16.9. The molecule has 0 radical (unpaired) electrons. The maximum atomic E-state index is 11.4. The second kappa shape index (κ2) is 7.08. The Bertz CT molecular complexity index is 831. The van der Waals surface area contributed by atoms with Crippen LogP contribution in [-0.2, 0) is 6.42 Å². The van der Waals surface area contributed by atoms with Crippen molar-refractivity contribution in [2.24, 2.45) is 0 Å². The summed E-state index contributed by atoms with van der Waals surface area (Å²) in [5.41, 5.74) is 1.76. The van der Waals surface area contributed by atoms with Gasteiger partial charge in [0.15, 0.2) is 0 Å². The number of anilines is 1. The van der Waals surface area contributed by atoms with Crippen LogP contribution in [0, 0.1) is 10.1 Å². The summed E-state index contributed by atoms with van der Waals surface area (Å²) >= 11 is 0. The van der Waals surface area contributed by atoms with E-state index < -0.39 is 4.92 Å². The number of aromatic nitrogens is 3. The van der Waals surface area contributed by atoms with Crippen molar-refractivity contribution in [1.29, 1.82) is 0 Å². The molecule has 3 aromatic heterocycles. The lowest BCUT2D eigenvalue weighted by molar-refractivity contribution is -0.389. The monoisotopic (exact) mass is 325 g/mol. The second-order valence-electron chi connectivity index (χ2n) is 5.77. The van der Waals surface area contributed by atoms with Crippen LogP contribution < -0.4 is 5.32 Å². The molecule has 3 heterocycles. The summed E-state index contributed by atoms with van der Waals surface area (Å²) in [5.74, 6) is 0.296. The Morgan fingerprint density at radius 2 is 2.21 bits per heavy atom. The molecule has 1 unspecified atom stereocenters. The van der Waals surface area contributed by atoms with Crippen LogP contribution in [0.15, 0.2) is 48.9 Å². The van der Waals surface area contributed by atoms with Crippen LogP contribution in [-0.4, -0.2) is 25.3 Å². The van der Waals surface area contributed by atoms with Gasteiger partial charge in [-0.3, -0.25) is 4.98 Å². The summed E-state index contributed by atoms with van der Waals surface area (Å²) in [6.45, 7) is 2.01. The first-order chi connectivity index (χ1) is 11.6. The van der Waals surface area contributed by atoms with E-state index in [0.717, 1.165) is 19.3 Å². The van der Waals surface area contributed by atoms with Crippen LogP contribution in [0.3, 0.4) is 0 Å². The molecular weight excluding hydrogens is 306 g/mol. The third kappa shape index (κ3) is 3.51. The van der Waals surface area contributed by atoms with Gasteiger partial charge in [0.1, 0.15) is 0 Å². The quantitative estimate of drug-likeness (QED) is 0.531. The molecule has 0 saturated carbocycles. The lowest BCUT2D eigenvalue weighted by atomic mass is 10.1. The first kappa shape index (κ1) is 15.9. The number of nitrogens with one attached hydrogen (secondary N) is 1. The second-order valence-corrected chi connectivity index (χ2v) is 5.77. The van der Waals surface area contributed by atoms with Crippen LogP contribution in [0.5, 0.6) is 0 Å². The molecule has 0 saturated heterocycles. The van der Waals surface area contributed by atoms with Crippen molar-refractivity contribution in [2.45, 2.75) is 32.2 Å². The van der Waals surface area contributed by atoms with Gasteiger partial charge in [-0.25, -0.2) is 0 Å². The van der Waals surface area contributed by atoms with Crippen LogP contribution in [0.1, 0.15) is 25.3 Å². The number of rotatable bonds is 7. The van der Waals surface area contributed by atoms with Crippen molar-refractivity contribution in [3.63, 3.8) is 0 Å². The number of nitro groups is 1. The van der Waals surface area contributed by atoms with E-state index in [4.69, 9.17) is 0 Å². The highest BCUT2D eigenvalue weighted by molar-refractivity contribution is 5.62. The predicted molar refractivity (Wildman–Crippen MR) is 92.1 cm³/mol. The number of hydrogen-bond donors (Lipinski definition) is 1. The number of nitrogens with zero attached hydrogens (tertiary/aromatic N) is 4. The summed E-state index contributed by atoms with van der Waals surface area (Å²) in [7, 11) is 0. The van der Waals surface area contributed by atoms with Crippen LogP contribution in [0.25, 0.3) is 5.65 Å².